The van der Waals surface area contributed by atoms with E-state index in [-0.39, 0.29) is 5.91 Å². The first-order valence-electron chi connectivity index (χ1n) is 16.8. The lowest BCUT2D eigenvalue weighted by atomic mass is 10.0. The Morgan fingerprint density at radius 1 is 0.880 bits per heavy atom. The number of nitrogens with zero attached hydrogens (tertiary/aromatic N) is 7. The summed E-state index contributed by atoms with van der Waals surface area (Å²) in [6.45, 7) is 13.1. The number of aromatic nitrogens is 4. The minimum absolute atomic E-state index is 0.0520. The number of rotatable bonds is 14. The number of para-hydroxylation sites is 2. The Morgan fingerprint density at radius 2 is 1.60 bits per heavy atom. The molecule has 260 valence electrons. The van der Waals surface area contributed by atoms with Crippen molar-refractivity contribution in [2.24, 2.45) is 0 Å². The van der Waals surface area contributed by atoms with Gasteiger partial charge in [0.2, 0.25) is 5.89 Å². The van der Waals surface area contributed by atoms with Crippen molar-refractivity contribution >= 4 is 34.9 Å². The maximum absolute atomic E-state index is 14.2. The van der Waals surface area contributed by atoms with E-state index >= 15 is 0 Å². The molecular formula is C38H44N8O4. The van der Waals surface area contributed by atoms with Crippen molar-refractivity contribution in [2.75, 3.05) is 43.4 Å². The third-order valence-electron chi connectivity index (χ3n) is 8.52. The van der Waals surface area contributed by atoms with Gasteiger partial charge < -0.3 is 24.4 Å². The van der Waals surface area contributed by atoms with Crippen molar-refractivity contribution in [1.82, 2.24) is 29.9 Å². The van der Waals surface area contributed by atoms with E-state index in [1.54, 1.807) is 36.2 Å². The second kappa shape index (κ2) is 16.7. The van der Waals surface area contributed by atoms with Gasteiger partial charge in [-0.1, -0.05) is 49.3 Å². The van der Waals surface area contributed by atoms with Crippen LogP contribution in [0.2, 0.25) is 0 Å². The minimum Gasteiger partial charge on any atom is -0.409 e. The number of hydrogen-bond donors (Lipinski definition) is 1. The standard InChI is InChI=1S/C38H44N8O4/c1-7-45(8-2)24-23-44(6)37(47)30-15-18-31(19-16-30)42-35-29(17-20-34-41-28(5)43-50-34)13-10-14-32(35)46(33-21-22-39-25-40-33)38(48)49-36-26(3)11-9-12-27(36)4/h9-16,18-19,21-22,25,42H,7-8,17,20,23-24H2,1-6H3. The molecule has 2 aromatic heterocycles. The van der Waals surface area contributed by atoms with Crippen LogP contribution < -0.4 is 15.0 Å². The van der Waals surface area contributed by atoms with Crippen LogP contribution in [-0.2, 0) is 12.8 Å². The maximum Gasteiger partial charge on any atom is 0.425 e. The van der Waals surface area contributed by atoms with Crippen LogP contribution in [0.3, 0.4) is 0 Å². The lowest BCUT2D eigenvalue weighted by molar-refractivity contribution is 0.0779. The summed E-state index contributed by atoms with van der Waals surface area (Å²) in [5.41, 5.74) is 5.01. The van der Waals surface area contributed by atoms with Crippen molar-refractivity contribution < 1.29 is 18.8 Å². The molecule has 0 aliphatic carbocycles. The predicted molar refractivity (Wildman–Crippen MR) is 193 cm³/mol. The van der Waals surface area contributed by atoms with E-state index in [4.69, 9.17) is 9.26 Å². The molecule has 0 bridgehead atoms. The summed E-state index contributed by atoms with van der Waals surface area (Å²) in [5.74, 6) is 1.83. The van der Waals surface area contributed by atoms with Gasteiger partial charge in [0, 0.05) is 44.0 Å². The minimum atomic E-state index is -0.637. The third kappa shape index (κ3) is 8.69. The van der Waals surface area contributed by atoms with Gasteiger partial charge in [-0.15, -0.1) is 0 Å². The van der Waals surface area contributed by atoms with Gasteiger partial charge in [-0.2, -0.15) is 4.98 Å². The molecule has 50 heavy (non-hydrogen) atoms. The highest BCUT2D eigenvalue weighted by Gasteiger charge is 2.27. The summed E-state index contributed by atoms with van der Waals surface area (Å²) in [6, 6.07) is 20.4. The van der Waals surface area contributed by atoms with Crippen LogP contribution in [0, 0.1) is 20.8 Å². The van der Waals surface area contributed by atoms with Crippen molar-refractivity contribution in [3.63, 3.8) is 0 Å². The fraction of sp³-hybridized carbons (Fsp3) is 0.316. The van der Waals surface area contributed by atoms with Crippen LogP contribution in [0.15, 0.2) is 83.8 Å². The quantitative estimate of drug-likeness (QED) is 0.130. The zero-order chi connectivity index (χ0) is 35.6. The molecular weight excluding hydrogens is 632 g/mol. The number of anilines is 4. The molecule has 2 heterocycles. The first kappa shape index (κ1) is 35.7. The van der Waals surface area contributed by atoms with Crippen LogP contribution in [0.25, 0.3) is 0 Å². The molecule has 5 aromatic rings. The molecule has 0 aliphatic rings. The zero-order valence-corrected chi connectivity index (χ0v) is 29.5. The summed E-state index contributed by atoms with van der Waals surface area (Å²) >= 11 is 0. The Kier molecular flexibility index (Phi) is 11.9. The largest absolute Gasteiger partial charge is 0.425 e. The Morgan fingerprint density at radius 3 is 2.24 bits per heavy atom. The topological polar surface area (TPSA) is 130 Å². The molecule has 0 radical (unpaired) electrons. The first-order chi connectivity index (χ1) is 24.2. The van der Waals surface area contributed by atoms with Crippen molar-refractivity contribution in [3.05, 3.63) is 113 Å². The molecule has 0 spiro atoms. The molecule has 2 amide bonds. The van der Waals surface area contributed by atoms with Gasteiger partial charge in [0.25, 0.3) is 5.91 Å². The van der Waals surface area contributed by atoms with Crippen molar-refractivity contribution in [1.29, 1.82) is 0 Å². The van der Waals surface area contributed by atoms with Crippen LogP contribution >= 0.6 is 0 Å². The molecule has 5 rings (SSSR count). The molecule has 0 saturated heterocycles. The van der Waals surface area contributed by atoms with E-state index in [1.165, 1.54) is 11.2 Å². The lowest BCUT2D eigenvalue weighted by Gasteiger charge is -2.26. The van der Waals surface area contributed by atoms with E-state index in [1.807, 2.05) is 69.4 Å². The highest BCUT2D eigenvalue weighted by Crippen LogP contribution is 2.38. The number of aryl methyl sites for hydroxylation is 5. The van der Waals surface area contributed by atoms with Gasteiger partial charge >= 0.3 is 6.09 Å². The Balaban J connectivity index is 1.50. The summed E-state index contributed by atoms with van der Waals surface area (Å²) in [4.78, 5) is 45.7. The van der Waals surface area contributed by atoms with Crippen LogP contribution in [0.1, 0.15) is 52.6 Å². The average Bonchev–Trinajstić information content (AvgIpc) is 3.55. The maximum atomic E-state index is 14.2. The van der Waals surface area contributed by atoms with E-state index in [9.17, 15) is 9.59 Å². The molecule has 0 atom stereocenters. The molecule has 0 unspecified atom stereocenters. The van der Waals surface area contributed by atoms with Crippen molar-refractivity contribution in [3.8, 4) is 5.75 Å². The van der Waals surface area contributed by atoms with E-state index in [0.29, 0.717) is 59.6 Å². The van der Waals surface area contributed by atoms with Crippen LogP contribution in [0.4, 0.5) is 27.7 Å². The SMILES string of the molecule is CCN(CC)CCN(C)C(=O)c1ccc(Nc2c(CCc3nc(C)no3)cccc2N(C(=O)Oc2c(C)cccc2C)c2ccncn2)cc1. The second-order valence-electron chi connectivity index (χ2n) is 12.0. The van der Waals surface area contributed by atoms with Gasteiger partial charge in [0.05, 0.1) is 11.4 Å². The van der Waals surface area contributed by atoms with Crippen LogP contribution in [-0.4, -0.2) is 75.1 Å². The lowest BCUT2D eigenvalue weighted by Crippen LogP contribution is -2.36. The third-order valence-corrected chi connectivity index (χ3v) is 8.52. The van der Waals surface area contributed by atoms with E-state index in [0.717, 1.165) is 42.0 Å². The van der Waals surface area contributed by atoms with Gasteiger partial charge in [-0.05, 0) is 93.4 Å². The van der Waals surface area contributed by atoms with Gasteiger partial charge in [0.1, 0.15) is 17.9 Å². The number of amides is 2. The average molecular weight is 677 g/mol. The van der Waals surface area contributed by atoms with Gasteiger partial charge in [0.15, 0.2) is 5.82 Å². The Bertz CT molecular complexity index is 1870. The summed E-state index contributed by atoms with van der Waals surface area (Å²) in [5, 5.41) is 7.46. The number of nitrogens with one attached hydrogen (secondary N) is 1. The van der Waals surface area contributed by atoms with E-state index in [2.05, 4.69) is 44.2 Å². The summed E-state index contributed by atoms with van der Waals surface area (Å²) in [7, 11) is 1.82. The molecule has 0 saturated carbocycles. The Hall–Kier alpha value is -5.62. The summed E-state index contributed by atoms with van der Waals surface area (Å²) < 4.78 is 11.5. The molecule has 12 nitrogen and oxygen atoms in total. The number of hydrogen-bond acceptors (Lipinski definition) is 10. The fourth-order valence-electron chi connectivity index (χ4n) is 5.63. The number of carbonyl (C=O) groups excluding carboxylic acids is 2. The molecule has 0 fully saturated rings. The number of carbonyl (C=O) groups is 2. The summed E-state index contributed by atoms with van der Waals surface area (Å²) in [6.07, 6.45) is 3.33. The molecule has 0 aliphatic heterocycles. The highest BCUT2D eigenvalue weighted by molar-refractivity contribution is 6.01. The predicted octanol–water partition coefficient (Wildman–Crippen LogP) is 7.06. The Labute approximate surface area is 293 Å². The number of benzene rings is 3. The van der Waals surface area contributed by atoms with Crippen LogP contribution in [0.5, 0.6) is 5.75 Å². The highest BCUT2D eigenvalue weighted by atomic mass is 16.6. The first-order valence-corrected chi connectivity index (χ1v) is 16.8. The number of ether oxygens (including phenoxy) is 1. The van der Waals surface area contributed by atoms with Gasteiger partial charge in [-0.3, -0.25) is 4.79 Å². The second-order valence-corrected chi connectivity index (χ2v) is 12.0. The monoisotopic (exact) mass is 676 g/mol. The van der Waals surface area contributed by atoms with Crippen molar-refractivity contribution in [2.45, 2.75) is 47.5 Å². The molecule has 1 N–H and O–H groups in total. The molecule has 3 aromatic carbocycles. The fourth-order valence-corrected chi connectivity index (χ4v) is 5.63. The normalized spacial score (nSPS) is 11.0. The zero-order valence-electron chi connectivity index (χ0n) is 29.5. The van der Waals surface area contributed by atoms with Gasteiger partial charge in [-0.25, -0.2) is 19.7 Å². The number of likely N-dealkylation sites (N-methyl/N-ethyl adjacent to an activating group) is 2. The molecule has 12 heteroatoms. The smallest absolute Gasteiger partial charge is 0.409 e. The van der Waals surface area contributed by atoms with E-state index < -0.39 is 6.09 Å².